The van der Waals surface area contributed by atoms with E-state index in [1.807, 2.05) is 5.32 Å². The number of amides is 2. The Morgan fingerprint density at radius 2 is 2.10 bits per heavy atom. The lowest BCUT2D eigenvalue weighted by Gasteiger charge is -2.15. The Kier molecular flexibility index (Phi) is 5.85. The molecule has 0 aliphatic rings. The maximum absolute atomic E-state index is 13.3. The summed E-state index contributed by atoms with van der Waals surface area (Å²) in [5, 5.41) is 13.1. The Morgan fingerprint density at radius 3 is 2.70 bits per heavy atom. The largest absolute Gasteiger partial charge is 0.480 e. The lowest BCUT2D eigenvalue weighted by molar-refractivity contribution is -0.139. The number of nitrogens with one attached hydrogen (secondary N) is 2. The minimum atomic E-state index is -1.25. The first-order chi connectivity index (χ1) is 9.45. The molecule has 1 unspecified atom stereocenters. The highest BCUT2D eigenvalue weighted by molar-refractivity contribution is 5.92. The molecule has 1 aromatic carbocycles. The summed E-state index contributed by atoms with van der Waals surface area (Å²) < 4.78 is 30.9. The summed E-state index contributed by atoms with van der Waals surface area (Å²) in [7, 11) is 1.39. The fourth-order valence-corrected chi connectivity index (χ4v) is 1.41. The van der Waals surface area contributed by atoms with Gasteiger partial charge in [0.2, 0.25) is 0 Å². The zero-order valence-electron chi connectivity index (χ0n) is 10.7. The SMILES string of the molecule is COCCC(NC(=O)Nc1cccc(F)c1F)C(=O)O. The minimum absolute atomic E-state index is 0.0465. The van der Waals surface area contributed by atoms with E-state index >= 15 is 0 Å². The van der Waals surface area contributed by atoms with E-state index in [1.54, 1.807) is 0 Å². The molecule has 20 heavy (non-hydrogen) atoms. The van der Waals surface area contributed by atoms with E-state index in [0.717, 1.165) is 12.1 Å². The van der Waals surface area contributed by atoms with Gasteiger partial charge in [0.05, 0.1) is 5.69 Å². The zero-order valence-corrected chi connectivity index (χ0v) is 10.7. The predicted molar refractivity (Wildman–Crippen MR) is 66.4 cm³/mol. The third kappa shape index (κ3) is 4.47. The smallest absolute Gasteiger partial charge is 0.326 e. The van der Waals surface area contributed by atoms with Gasteiger partial charge in [-0.2, -0.15) is 0 Å². The topological polar surface area (TPSA) is 87.7 Å². The van der Waals surface area contributed by atoms with Gasteiger partial charge in [0.25, 0.3) is 0 Å². The number of carboxylic acids is 1. The van der Waals surface area contributed by atoms with Crippen LogP contribution in [0.2, 0.25) is 0 Å². The van der Waals surface area contributed by atoms with E-state index in [-0.39, 0.29) is 18.7 Å². The van der Waals surface area contributed by atoms with Crippen LogP contribution in [-0.4, -0.2) is 36.9 Å². The Balaban J connectivity index is 2.66. The number of hydrogen-bond acceptors (Lipinski definition) is 3. The normalized spacial score (nSPS) is 11.8. The number of methoxy groups -OCH3 is 1. The Morgan fingerprint density at radius 1 is 1.40 bits per heavy atom. The van der Waals surface area contributed by atoms with E-state index in [4.69, 9.17) is 9.84 Å². The fraction of sp³-hybridized carbons (Fsp3) is 0.333. The van der Waals surface area contributed by atoms with Gasteiger partial charge in [0.15, 0.2) is 11.6 Å². The lowest BCUT2D eigenvalue weighted by Crippen LogP contribution is -2.43. The van der Waals surface area contributed by atoms with Crippen LogP contribution in [0, 0.1) is 11.6 Å². The maximum atomic E-state index is 13.3. The van der Waals surface area contributed by atoms with Gasteiger partial charge >= 0.3 is 12.0 Å². The molecular formula is C12H14F2N2O4. The first-order valence-corrected chi connectivity index (χ1v) is 5.69. The lowest BCUT2D eigenvalue weighted by atomic mass is 10.2. The summed E-state index contributed by atoms with van der Waals surface area (Å²) in [6.45, 7) is 0.131. The molecule has 1 rings (SSSR count). The van der Waals surface area contributed by atoms with Crippen molar-refractivity contribution in [3.63, 3.8) is 0 Å². The minimum Gasteiger partial charge on any atom is -0.480 e. The molecule has 0 aliphatic carbocycles. The summed E-state index contributed by atoms with van der Waals surface area (Å²) in [6, 6.07) is 1.14. The van der Waals surface area contributed by atoms with E-state index < -0.39 is 29.7 Å². The molecule has 110 valence electrons. The van der Waals surface area contributed by atoms with Gasteiger partial charge in [-0.15, -0.1) is 0 Å². The van der Waals surface area contributed by atoms with E-state index in [1.165, 1.54) is 13.2 Å². The molecule has 1 atom stereocenters. The van der Waals surface area contributed by atoms with Gasteiger partial charge < -0.3 is 20.5 Å². The number of hydrogen-bond donors (Lipinski definition) is 3. The van der Waals surface area contributed by atoms with Gasteiger partial charge in [-0.05, 0) is 12.1 Å². The summed E-state index contributed by atoms with van der Waals surface area (Å²) >= 11 is 0. The quantitative estimate of drug-likeness (QED) is 0.741. The van der Waals surface area contributed by atoms with Crippen LogP contribution in [0.3, 0.4) is 0 Å². The van der Waals surface area contributed by atoms with E-state index in [2.05, 4.69) is 5.32 Å². The molecule has 3 N–H and O–H groups in total. The van der Waals surface area contributed by atoms with Crippen molar-refractivity contribution in [2.24, 2.45) is 0 Å². The standard InChI is InChI=1S/C12H14F2N2O4/c1-20-6-5-9(11(17)18)16-12(19)15-8-4-2-3-7(13)10(8)14/h2-4,9H,5-6H2,1H3,(H,17,18)(H2,15,16,19). The molecule has 0 saturated carbocycles. The van der Waals surface area contributed by atoms with Crippen molar-refractivity contribution in [3.8, 4) is 0 Å². The highest BCUT2D eigenvalue weighted by Gasteiger charge is 2.20. The molecule has 2 amide bonds. The second-order valence-electron chi connectivity index (χ2n) is 3.87. The molecule has 0 saturated heterocycles. The summed E-state index contributed by atoms with van der Waals surface area (Å²) in [6.07, 6.45) is 0.0465. The fourth-order valence-electron chi connectivity index (χ4n) is 1.41. The van der Waals surface area contributed by atoms with Crippen LogP contribution >= 0.6 is 0 Å². The molecule has 0 bridgehead atoms. The van der Waals surface area contributed by atoms with Crippen LogP contribution in [0.15, 0.2) is 18.2 Å². The van der Waals surface area contributed by atoms with Crippen molar-refractivity contribution in [2.45, 2.75) is 12.5 Å². The predicted octanol–water partition coefficient (Wildman–Crippen LogP) is 1.58. The van der Waals surface area contributed by atoms with Crippen molar-refractivity contribution < 1.29 is 28.2 Å². The van der Waals surface area contributed by atoms with Crippen LogP contribution in [0.25, 0.3) is 0 Å². The molecule has 0 heterocycles. The van der Waals surface area contributed by atoms with Crippen LogP contribution in [-0.2, 0) is 9.53 Å². The number of rotatable bonds is 6. The third-order valence-corrected chi connectivity index (χ3v) is 2.41. The Bertz CT molecular complexity index is 496. The van der Waals surface area contributed by atoms with Crippen LogP contribution in [0.4, 0.5) is 19.3 Å². The average Bonchev–Trinajstić information content (AvgIpc) is 2.39. The number of carbonyl (C=O) groups is 2. The summed E-state index contributed by atoms with van der Waals surface area (Å²) in [4.78, 5) is 22.4. The number of halogens is 2. The summed E-state index contributed by atoms with van der Waals surface area (Å²) in [5.41, 5.74) is -0.376. The summed E-state index contributed by atoms with van der Waals surface area (Å²) in [5.74, 6) is -3.58. The highest BCUT2D eigenvalue weighted by Crippen LogP contribution is 2.16. The zero-order chi connectivity index (χ0) is 15.1. The number of carboxylic acid groups (broad SMARTS) is 1. The molecule has 0 aliphatic heterocycles. The number of anilines is 1. The van der Waals surface area contributed by atoms with Crippen molar-refractivity contribution >= 4 is 17.7 Å². The molecule has 8 heteroatoms. The van der Waals surface area contributed by atoms with Gasteiger partial charge in [-0.25, -0.2) is 18.4 Å². The van der Waals surface area contributed by atoms with Crippen molar-refractivity contribution in [1.29, 1.82) is 0 Å². The molecule has 6 nitrogen and oxygen atoms in total. The molecule has 0 spiro atoms. The van der Waals surface area contributed by atoms with Gasteiger partial charge in [0, 0.05) is 20.1 Å². The molecule has 1 aromatic rings. The van der Waals surface area contributed by atoms with Gasteiger partial charge in [-0.3, -0.25) is 0 Å². The average molecular weight is 288 g/mol. The molecule has 0 radical (unpaired) electrons. The first-order valence-electron chi connectivity index (χ1n) is 5.69. The van der Waals surface area contributed by atoms with E-state index in [0.29, 0.717) is 0 Å². The first kappa shape index (κ1) is 15.8. The second-order valence-corrected chi connectivity index (χ2v) is 3.87. The van der Waals surface area contributed by atoms with Crippen LogP contribution < -0.4 is 10.6 Å². The van der Waals surface area contributed by atoms with Crippen LogP contribution in [0.1, 0.15) is 6.42 Å². The number of benzene rings is 1. The molecule has 0 fully saturated rings. The van der Waals surface area contributed by atoms with Crippen molar-refractivity contribution in [2.75, 3.05) is 19.0 Å². The van der Waals surface area contributed by atoms with Crippen molar-refractivity contribution in [3.05, 3.63) is 29.8 Å². The Labute approximate surface area is 113 Å². The van der Waals surface area contributed by atoms with Gasteiger partial charge in [-0.1, -0.05) is 6.07 Å². The number of urea groups is 1. The Hall–Kier alpha value is -2.22. The van der Waals surface area contributed by atoms with Gasteiger partial charge in [0.1, 0.15) is 6.04 Å². The maximum Gasteiger partial charge on any atom is 0.326 e. The number of ether oxygens (including phenoxy) is 1. The third-order valence-electron chi connectivity index (χ3n) is 2.41. The van der Waals surface area contributed by atoms with Crippen molar-refractivity contribution in [1.82, 2.24) is 5.32 Å². The van der Waals surface area contributed by atoms with E-state index in [9.17, 15) is 18.4 Å². The monoisotopic (exact) mass is 288 g/mol. The second kappa shape index (κ2) is 7.39. The molecular weight excluding hydrogens is 274 g/mol. The number of aliphatic carboxylic acids is 1. The highest BCUT2D eigenvalue weighted by atomic mass is 19.2. The number of carbonyl (C=O) groups excluding carboxylic acids is 1. The molecule has 0 aromatic heterocycles. The van der Waals surface area contributed by atoms with Crippen LogP contribution in [0.5, 0.6) is 0 Å².